The Morgan fingerprint density at radius 2 is 1.83 bits per heavy atom. The summed E-state index contributed by atoms with van der Waals surface area (Å²) in [6, 6.07) is 12.5. The Bertz CT molecular complexity index is 1320. The summed E-state index contributed by atoms with van der Waals surface area (Å²) in [6.45, 7) is 1.79. The van der Waals surface area contributed by atoms with Gasteiger partial charge in [-0.1, -0.05) is 6.07 Å². The molecule has 0 radical (unpaired) electrons. The van der Waals surface area contributed by atoms with E-state index in [4.69, 9.17) is 13.9 Å². The summed E-state index contributed by atoms with van der Waals surface area (Å²) in [7, 11) is 3.04. The molecular weight excluding hydrogens is 384 g/mol. The highest BCUT2D eigenvalue weighted by atomic mass is 16.5. The number of methoxy groups -OCH3 is 2. The first-order chi connectivity index (χ1) is 14.5. The predicted molar refractivity (Wildman–Crippen MR) is 114 cm³/mol. The molecule has 7 heteroatoms. The van der Waals surface area contributed by atoms with E-state index in [0.29, 0.717) is 39.3 Å². The number of fused-ring (bicyclic) bond motifs is 2. The number of aromatic nitrogens is 1. The lowest BCUT2D eigenvalue weighted by Crippen LogP contribution is -2.20. The second-order valence-electron chi connectivity index (χ2n) is 6.80. The Labute approximate surface area is 172 Å². The van der Waals surface area contributed by atoms with Gasteiger partial charge in [-0.15, -0.1) is 0 Å². The highest BCUT2D eigenvalue weighted by Gasteiger charge is 2.18. The summed E-state index contributed by atoms with van der Waals surface area (Å²) in [6.07, 6.45) is 1.58. The first-order valence-electron chi connectivity index (χ1n) is 9.33. The molecule has 0 saturated heterocycles. The lowest BCUT2D eigenvalue weighted by molar-refractivity contribution is -0.115. The average molecular weight is 404 g/mol. The van der Waals surface area contributed by atoms with Gasteiger partial charge >= 0.3 is 5.63 Å². The van der Waals surface area contributed by atoms with Crippen molar-refractivity contribution in [3.8, 4) is 11.5 Å². The smallest absolute Gasteiger partial charge is 0.340 e. The molecule has 0 atom stereocenters. The van der Waals surface area contributed by atoms with E-state index in [1.165, 1.54) is 14.2 Å². The molecule has 1 amide bonds. The number of ether oxygens (including phenoxy) is 2. The molecule has 0 saturated carbocycles. The fraction of sp³-hybridized carbons (Fsp3) is 0.174. The number of benzene rings is 2. The van der Waals surface area contributed by atoms with Crippen molar-refractivity contribution in [3.05, 3.63) is 70.2 Å². The van der Waals surface area contributed by atoms with Crippen LogP contribution in [0.25, 0.3) is 21.9 Å². The lowest BCUT2D eigenvalue weighted by Gasteiger charge is -2.12. The van der Waals surface area contributed by atoms with Crippen molar-refractivity contribution in [1.82, 2.24) is 4.98 Å². The minimum absolute atomic E-state index is 0.116. The number of pyridine rings is 1. The van der Waals surface area contributed by atoms with Crippen LogP contribution in [-0.4, -0.2) is 25.1 Å². The topological polar surface area (TPSA) is 90.7 Å². The van der Waals surface area contributed by atoms with Crippen LogP contribution < -0.4 is 20.4 Å². The number of rotatable bonds is 5. The van der Waals surface area contributed by atoms with Gasteiger partial charge in [-0.25, -0.2) is 4.79 Å². The Hall–Kier alpha value is -3.87. The van der Waals surface area contributed by atoms with E-state index in [2.05, 4.69) is 10.3 Å². The van der Waals surface area contributed by atoms with E-state index in [-0.39, 0.29) is 12.3 Å². The van der Waals surface area contributed by atoms with Gasteiger partial charge in [-0.05, 0) is 42.8 Å². The number of carbonyl (C=O) groups excluding carboxylic acids is 1. The molecule has 2 heterocycles. The number of amides is 1. The number of aryl methyl sites for hydroxylation is 1. The van der Waals surface area contributed by atoms with E-state index in [1.807, 2.05) is 24.3 Å². The number of hydrogen-bond acceptors (Lipinski definition) is 6. The minimum atomic E-state index is -0.554. The maximum Gasteiger partial charge on any atom is 0.340 e. The molecule has 2 aromatic heterocycles. The number of hydrogen-bond donors (Lipinski definition) is 1. The van der Waals surface area contributed by atoms with Gasteiger partial charge in [0, 0.05) is 23.0 Å². The van der Waals surface area contributed by atoms with Gasteiger partial charge in [0.15, 0.2) is 11.5 Å². The van der Waals surface area contributed by atoms with Crippen molar-refractivity contribution < 1.29 is 18.7 Å². The molecule has 0 aliphatic heterocycles. The molecule has 0 aliphatic rings. The molecule has 0 fully saturated rings. The second kappa shape index (κ2) is 7.87. The van der Waals surface area contributed by atoms with Gasteiger partial charge in [-0.3, -0.25) is 9.78 Å². The molecule has 2 aromatic carbocycles. The van der Waals surface area contributed by atoms with Crippen LogP contribution in [0.3, 0.4) is 0 Å². The third-order valence-electron chi connectivity index (χ3n) is 5.05. The van der Waals surface area contributed by atoms with Crippen molar-refractivity contribution in [2.75, 3.05) is 19.5 Å². The van der Waals surface area contributed by atoms with Crippen molar-refractivity contribution in [2.24, 2.45) is 0 Å². The number of nitrogens with one attached hydrogen (secondary N) is 1. The first kappa shape index (κ1) is 19.4. The van der Waals surface area contributed by atoms with Crippen LogP contribution in [0.4, 0.5) is 5.69 Å². The third-order valence-corrected chi connectivity index (χ3v) is 5.05. The predicted octanol–water partition coefficient (Wildman–Crippen LogP) is 3.85. The van der Waals surface area contributed by atoms with Gasteiger partial charge < -0.3 is 19.2 Å². The molecule has 4 aromatic rings. The van der Waals surface area contributed by atoms with Gasteiger partial charge in [0.05, 0.1) is 37.4 Å². The quantitative estimate of drug-likeness (QED) is 0.508. The molecule has 0 aliphatic carbocycles. The number of anilines is 1. The van der Waals surface area contributed by atoms with Gasteiger partial charge in [0.25, 0.3) is 0 Å². The molecule has 1 N–H and O–H groups in total. The Kier molecular flexibility index (Phi) is 5.10. The fourth-order valence-electron chi connectivity index (χ4n) is 3.49. The summed E-state index contributed by atoms with van der Waals surface area (Å²) < 4.78 is 16.1. The highest BCUT2D eigenvalue weighted by Crippen LogP contribution is 2.33. The molecular formula is C23H20N2O5. The Morgan fingerprint density at radius 1 is 1.07 bits per heavy atom. The highest BCUT2D eigenvalue weighted by molar-refractivity contribution is 6.01. The van der Waals surface area contributed by atoms with E-state index >= 15 is 0 Å². The third kappa shape index (κ3) is 3.45. The van der Waals surface area contributed by atoms with Crippen molar-refractivity contribution in [2.45, 2.75) is 13.3 Å². The van der Waals surface area contributed by atoms with Gasteiger partial charge in [-0.2, -0.15) is 0 Å². The van der Waals surface area contributed by atoms with E-state index < -0.39 is 5.63 Å². The zero-order chi connectivity index (χ0) is 21.3. The summed E-state index contributed by atoms with van der Waals surface area (Å²) in [5.74, 6) is 0.657. The zero-order valence-corrected chi connectivity index (χ0v) is 16.8. The fourth-order valence-corrected chi connectivity index (χ4v) is 3.49. The summed E-state index contributed by atoms with van der Waals surface area (Å²) in [4.78, 5) is 29.6. The van der Waals surface area contributed by atoms with E-state index in [9.17, 15) is 9.59 Å². The average Bonchev–Trinajstić information content (AvgIpc) is 2.76. The zero-order valence-electron chi connectivity index (χ0n) is 16.8. The van der Waals surface area contributed by atoms with Crippen LogP contribution in [0.5, 0.6) is 11.5 Å². The van der Waals surface area contributed by atoms with E-state index in [1.54, 1.807) is 31.3 Å². The normalized spacial score (nSPS) is 10.9. The number of carbonyl (C=O) groups is 1. The Balaban J connectivity index is 1.69. The number of nitrogens with zero attached hydrogens (tertiary/aromatic N) is 1. The van der Waals surface area contributed by atoms with Gasteiger partial charge in [0.1, 0.15) is 5.58 Å². The van der Waals surface area contributed by atoms with Crippen LogP contribution in [0.1, 0.15) is 11.1 Å². The standard InChI is InChI=1S/C23H20N2O5/c1-13-15-10-20(28-2)21(29-3)12-19(15)30-23(27)16(13)11-22(26)25-18-8-4-7-17-14(18)6-5-9-24-17/h4-10,12H,11H2,1-3H3,(H,25,26). The largest absolute Gasteiger partial charge is 0.493 e. The van der Waals surface area contributed by atoms with Crippen LogP contribution >= 0.6 is 0 Å². The van der Waals surface area contributed by atoms with Crippen LogP contribution in [0.15, 0.2) is 57.9 Å². The van der Waals surface area contributed by atoms with Crippen molar-refractivity contribution >= 4 is 33.5 Å². The van der Waals surface area contributed by atoms with Gasteiger partial charge in [0.2, 0.25) is 5.91 Å². The summed E-state index contributed by atoms with van der Waals surface area (Å²) in [5, 5.41) is 4.38. The first-order valence-corrected chi connectivity index (χ1v) is 9.33. The van der Waals surface area contributed by atoms with Crippen molar-refractivity contribution in [1.29, 1.82) is 0 Å². The van der Waals surface area contributed by atoms with Crippen LogP contribution in [-0.2, 0) is 11.2 Å². The molecule has 7 nitrogen and oxygen atoms in total. The molecule has 30 heavy (non-hydrogen) atoms. The molecule has 152 valence electrons. The second-order valence-corrected chi connectivity index (χ2v) is 6.80. The molecule has 0 bridgehead atoms. The van der Waals surface area contributed by atoms with Crippen LogP contribution in [0.2, 0.25) is 0 Å². The molecule has 4 rings (SSSR count). The lowest BCUT2D eigenvalue weighted by atomic mass is 10.0. The van der Waals surface area contributed by atoms with Crippen molar-refractivity contribution in [3.63, 3.8) is 0 Å². The maximum absolute atomic E-state index is 12.7. The monoisotopic (exact) mass is 404 g/mol. The molecule has 0 unspecified atom stereocenters. The minimum Gasteiger partial charge on any atom is -0.493 e. The maximum atomic E-state index is 12.7. The summed E-state index contributed by atoms with van der Waals surface area (Å²) >= 11 is 0. The molecule has 0 spiro atoms. The Morgan fingerprint density at radius 3 is 2.60 bits per heavy atom. The van der Waals surface area contributed by atoms with E-state index in [0.717, 1.165) is 10.9 Å². The summed E-state index contributed by atoms with van der Waals surface area (Å²) in [5.41, 5.74) is 2.20. The van der Waals surface area contributed by atoms with Crippen LogP contribution in [0, 0.1) is 6.92 Å². The SMILES string of the molecule is COc1cc2oc(=O)c(CC(=O)Nc3cccc4ncccc34)c(C)c2cc1OC.